The molecule has 6 heteroatoms. The van der Waals surface area contributed by atoms with Crippen LogP contribution in [0.25, 0.3) is 0 Å². The van der Waals surface area contributed by atoms with E-state index in [4.69, 9.17) is 4.74 Å². The van der Waals surface area contributed by atoms with Crippen LogP contribution in [0.2, 0.25) is 0 Å². The molecule has 1 aromatic carbocycles. The number of nitro groups is 1. The molecular formula is C9H9Br2NO3. The zero-order valence-electron chi connectivity index (χ0n) is 7.78. The summed E-state index contributed by atoms with van der Waals surface area (Å²) in [6, 6.07) is 4.57. The summed E-state index contributed by atoms with van der Waals surface area (Å²) < 4.78 is 6.00. The van der Waals surface area contributed by atoms with Gasteiger partial charge in [0.1, 0.15) is 5.75 Å². The Labute approximate surface area is 104 Å². The van der Waals surface area contributed by atoms with Crippen molar-refractivity contribution in [2.75, 3.05) is 11.9 Å². The molecule has 0 heterocycles. The number of halogens is 2. The van der Waals surface area contributed by atoms with Crippen LogP contribution in [-0.2, 0) is 0 Å². The van der Waals surface area contributed by atoms with Gasteiger partial charge in [-0.25, -0.2) is 0 Å². The van der Waals surface area contributed by atoms with Crippen molar-refractivity contribution in [3.05, 3.63) is 32.8 Å². The van der Waals surface area contributed by atoms with Gasteiger partial charge >= 0.3 is 0 Å². The van der Waals surface area contributed by atoms with Crippen molar-refractivity contribution in [1.82, 2.24) is 0 Å². The second-order valence-corrected chi connectivity index (χ2v) is 4.50. The van der Waals surface area contributed by atoms with Gasteiger partial charge < -0.3 is 4.74 Å². The summed E-state index contributed by atoms with van der Waals surface area (Å²) in [6.45, 7) is 0.541. The van der Waals surface area contributed by atoms with Gasteiger partial charge in [-0.2, -0.15) is 0 Å². The fourth-order valence-corrected chi connectivity index (χ4v) is 1.67. The van der Waals surface area contributed by atoms with Crippen molar-refractivity contribution in [1.29, 1.82) is 0 Å². The van der Waals surface area contributed by atoms with Gasteiger partial charge in [0.2, 0.25) is 0 Å². The van der Waals surface area contributed by atoms with E-state index in [1.165, 1.54) is 12.1 Å². The highest BCUT2D eigenvalue weighted by atomic mass is 79.9. The fraction of sp³-hybridized carbons (Fsp3) is 0.333. The summed E-state index contributed by atoms with van der Waals surface area (Å²) in [5, 5.41) is 11.4. The lowest BCUT2D eigenvalue weighted by molar-refractivity contribution is -0.385. The van der Waals surface area contributed by atoms with Gasteiger partial charge in [-0.1, -0.05) is 31.9 Å². The molecule has 0 N–H and O–H groups in total. The Morgan fingerprint density at radius 1 is 1.40 bits per heavy atom. The van der Waals surface area contributed by atoms with Gasteiger partial charge in [0.15, 0.2) is 0 Å². The van der Waals surface area contributed by atoms with Crippen LogP contribution in [0, 0.1) is 10.1 Å². The molecule has 1 aromatic rings. The molecular weight excluding hydrogens is 330 g/mol. The lowest BCUT2D eigenvalue weighted by Gasteiger charge is -2.05. The molecule has 0 bridgehead atoms. The van der Waals surface area contributed by atoms with Gasteiger partial charge in [-0.05, 0) is 12.5 Å². The van der Waals surface area contributed by atoms with Crippen LogP contribution in [0.4, 0.5) is 5.69 Å². The predicted octanol–water partition coefficient (Wildman–Crippen LogP) is 3.52. The number of hydrogen-bond donors (Lipinski definition) is 0. The summed E-state index contributed by atoms with van der Waals surface area (Å²) in [4.78, 5) is 10.1. The Bertz CT molecular complexity index is 357. The van der Waals surface area contributed by atoms with E-state index in [9.17, 15) is 10.1 Å². The van der Waals surface area contributed by atoms with E-state index < -0.39 is 4.92 Å². The second-order valence-electron chi connectivity index (χ2n) is 2.79. The highest BCUT2D eigenvalue weighted by Gasteiger charge is 2.09. The first-order valence-electron chi connectivity index (χ1n) is 4.27. The van der Waals surface area contributed by atoms with Gasteiger partial charge in [-0.15, -0.1) is 0 Å². The van der Waals surface area contributed by atoms with E-state index in [0.717, 1.165) is 11.8 Å². The average molecular weight is 339 g/mol. The second kappa shape index (κ2) is 6.07. The van der Waals surface area contributed by atoms with Gasteiger partial charge in [0.05, 0.1) is 17.6 Å². The van der Waals surface area contributed by atoms with Crippen molar-refractivity contribution in [2.45, 2.75) is 6.42 Å². The number of rotatable bonds is 5. The normalized spacial score (nSPS) is 10.0. The molecule has 0 aliphatic rings. The van der Waals surface area contributed by atoms with Gasteiger partial charge in [-0.3, -0.25) is 10.1 Å². The number of nitrogens with zero attached hydrogens (tertiary/aromatic N) is 1. The molecule has 0 saturated heterocycles. The molecule has 0 spiro atoms. The lowest BCUT2D eigenvalue weighted by atomic mass is 10.3. The number of benzene rings is 1. The molecule has 4 nitrogen and oxygen atoms in total. The zero-order chi connectivity index (χ0) is 11.3. The standard InChI is InChI=1S/C9H9Br2NO3/c10-2-1-3-15-9-5-7(11)4-8(6-9)12(13)14/h4-6H,1-3H2. The van der Waals surface area contributed by atoms with Crippen molar-refractivity contribution < 1.29 is 9.66 Å². The number of nitro benzene ring substituents is 1. The molecule has 0 saturated carbocycles. The molecule has 0 aliphatic carbocycles. The maximum Gasteiger partial charge on any atom is 0.274 e. The lowest BCUT2D eigenvalue weighted by Crippen LogP contribution is -1.98. The summed E-state index contributed by atoms with van der Waals surface area (Å²) in [5.41, 5.74) is 0.0261. The number of hydrogen-bond acceptors (Lipinski definition) is 3. The quantitative estimate of drug-likeness (QED) is 0.357. The summed E-state index contributed by atoms with van der Waals surface area (Å²) in [5.74, 6) is 0.511. The topological polar surface area (TPSA) is 52.4 Å². The average Bonchev–Trinajstić information content (AvgIpc) is 2.17. The Morgan fingerprint density at radius 2 is 2.13 bits per heavy atom. The van der Waals surface area contributed by atoms with Crippen LogP contribution in [0.3, 0.4) is 0 Å². The van der Waals surface area contributed by atoms with Crippen LogP contribution >= 0.6 is 31.9 Å². The Balaban J connectivity index is 2.75. The molecule has 15 heavy (non-hydrogen) atoms. The summed E-state index contributed by atoms with van der Waals surface area (Å²) in [6.07, 6.45) is 0.861. The third-order valence-electron chi connectivity index (χ3n) is 1.61. The highest BCUT2D eigenvalue weighted by Crippen LogP contribution is 2.26. The molecule has 0 radical (unpaired) electrons. The van der Waals surface area contributed by atoms with Gasteiger partial charge in [0, 0.05) is 15.9 Å². The Kier molecular flexibility index (Phi) is 5.04. The van der Waals surface area contributed by atoms with Crippen molar-refractivity contribution >= 4 is 37.5 Å². The van der Waals surface area contributed by atoms with Crippen LogP contribution < -0.4 is 4.74 Å². The molecule has 0 fully saturated rings. The molecule has 0 aliphatic heterocycles. The first-order chi connectivity index (χ1) is 7.13. The van der Waals surface area contributed by atoms with E-state index >= 15 is 0 Å². The highest BCUT2D eigenvalue weighted by molar-refractivity contribution is 9.10. The fourth-order valence-electron chi connectivity index (χ4n) is 0.981. The van der Waals surface area contributed by atoms with Crippen LogP contribution in [-0.4, -0.2) is 16.9 Å². The van der Waals surface area contributed by atoms with Crippen molar-refractivity contribution in [3.63, 3.8) is 0 Å². The van der Waals surface area contributed by atoms with Crippen LogP contribution in [0.1, 0.15) is 6.42 Å². The maximum absolute atomic E-state index is 10.6. The SMILES string of the molecule is O=[N+]([O-])c1cc(Br)cc(OCCCBr)c1. The third-order valence-corrected chi connectivity index (χ3v) is 2.63. The predicted molar refractivity (Wildman–Crippen MR) is 64.7 cm³/mol. The zero-order valence-corrected chi connectivity index (χ0v) is 11.0. The van der Waals surface area contributed by atoms with E-state index in [1.807, 2.05) is 0 Å². The van der Waals surface area contributed by atoms with Gasteiger partial charge in [0.25, 0.3) is 5.69 Å². The first-order valence-corrected chi connectivity index (χ1v) is 6.18. The molecule has 0 amide bonds. The van der Waals surface area contributed by atoms with E-state index in [0.29, 0.717) is 16.8 Å². The third kappa shape index (κ3) is 4.17. The van der Waals surface area contributed by atoms with Crippen LogP contribution in [0.15, 0.2) is 22.7 Å². The molecule has 0 unspecified atom stereocenters. The smallest absolute Gasteiger partial charge is 0.274 e. The first kappa shape index (κ1) is 12.4. The minimum absolute atomic E-state index is 0.0261. The summed E-state index contributed by atoms with van der Waals surface area (Å²) >= 11 is 6.47. The maximum atomic E-state index is 10.6. The van der Waals surface area contributed by atoms with E-state index in [-0.39, 0.29) is 5.69 Å². The molecule has 0 aromatic heterocycles. The molecule has 0 atom stereocenters. The van der Waals surface area contributed by atoms with E-state index in [1.54, 1.807) is 6.07 Å². The molecule has 82 valence electrons. The van der Waals surface area contributed by atoms with Crippen molar-refractivity contribution in [3.8, 4) is 5.75 Å². The number of alkyl halides is 1. The van der Waals surface area contributed by atoms with Crippen LogP contribution in [0.5, 0.6) is 5.75 Å². The Morgan fingerprint density at radius 3 is 2.73 bits per heavy atom. The van der Waals surface area contributed by atoms with E-state index in [2.05, 4.69) is 31.9 Å². The number of non-ortho nitro benzene ring substituents is 1. The van der Waals surface area contributed by atoms with Crippen molar-refractivity contribution in [2.24, 2.45) is 0 Å². The molecule has 1 rings (SSSR count). The minimum atomic E-state index is -0.442. The summed E-state index contributed by atoms with van der Waals surface area (Å²) in [7, 11) is 0. The minimum Gasteiger partial charge on any atom is -0.493 e. The Hall–Kier alpha value is -0.620. The monoisotopic (exact) mass is 337 g/mol. The number of ether oxygens (including phenoxy) is 1. The largest absolute Gasteiger partial charge is 0.493 e.